The lowest BCUT2D eigenvalue weighted by atomic mass is 10.3. The van der Waals surface area contributed by atoms with Crippen molar-refractivity contribution < 1.29 is 9.53 Å². The summed E-state index contributed by atoms with van der Waals surface area (Å²) in [6, 6.07) is 6.89. The van der Waals surface area contributed by atoms with Gasteiger partial charge in [-0.3, -0.25) is 4.79 Å². The van der Waals surface area contributed by atoms with E-state index in [2.05, 4.69) is 10.3 Å². The van der Waals surface area contributed by atoms with Gasteiger partial charge in [-0.2, -0.15) is 0 Å². The zero-order valence-corrected chi connectivity index (χ0v) is 12.8. The lowest BCUT2D eigenvalue weighted by molar-refractivity contribution is -0.123. The van der Waals surface area contributed by atoms with Crippen LogP contribution in [-0.4, -0.2) is 17.5 Å². The minimum atomic E-state index is -0.176. The molecule has 0 bridgehead atoms. The lowest BCUT2D eigenvalue weighted by Gasteiger charge is -2.06. The summed E-state index contributed by atoms with van der Waals surface area (Å²) in [5, 5.41) is 4.32. The Labute approximate surface area is 126 Å². The SMILES string of the molecule is Cc1nc(CNC(=O)COc2ccc(Cl)cc2)sc1C. The third kappa shape index (κ3) is 4.21. The molecule has 0 radical (unpaired) electrons. The van der Waals surface area contributed by atoms with Crippen molar-refractivity contribution in [3.05, 3.63) is 44.9 Å². The van der Waals surface area contributed by atoms with Gasteiger partial charge in [0.1, 0.15) is 10.8 Å². The minimum Gasteiger partial charge on any atom is -0.484 e. The van der Waals surface area contributed by atoms with E-state index in [4.69, 9.17) is 16.3 Å². The van der Waals surface area contributed by atoms with Gasteiger partial charge in [-0.25, -0.2) is 4.98 Å². The molecule has 106 valence electrons. The first kappa shape index (κ1) is 14.8. The average molecular weight is 311 g/mol. The lowest BCUT2D eigenvalue weighted by Crippen LogP contribution is -2.28. The molecule has 4 nitrogen and oxygen atoms in total. The highest BCUT2D eigenvalue weighted by Crippen LogP contribution is 2.16. The summed E-state index contributed by atoms with van der Waals surface area (Å²) in [6.07, 6.45) is 0. The van der Waals surface area contributed by atoms with E-state index in [1.165, 1.54) is 4.88 Å². The molecule has 0 unspecified atom stereocenters. The number of nitrogens with zero attached hydrogens (tertiary/aromatic N) is 1. The van der Waals surface area contributed by atoms with E-state index in [0.717, 1.165) is 10.7 Å². The Kier molecular flexibility index (Phi) is 4.98. The number of hydrogen-bond donors (Lipinski definition) is 1. The van der Waals surface area contributed by atoms with E-state index in [-0.39, 0.29) is 12.5 Å². The summed E-state index contributed by atoms with van der Waals surface area (Å²) in [4.78, 5) is 17.2. The van der Waals surface area contributed by atoms with Gasteiger partial charge in [0.2, 0.25) is 0 Å². The van der Waals surface area contributed by atoms with Crippen LogP contribution in [0.2, 0.25) is 5.02 Å². The Hall–Kier alpha value is -1.59. The summed E-state index contributed by atoms with van der Waals surface area (Å²) in [5.74, 6) is 0.441. The number of aromatic nitrogens is 1. The molecule has 1 amide bonds. The van der Waals surface area contributed by atoms with Crippen LogP contribution in [0.1, 0.15) is 15.6 Å². The molecule has 0 fully saturated rings. The molecule has 1 heterocycles. The monoisotopic (exact) mass is 310 g/mol. The highest BCUT2D eigenvalue weighted by molar-refractivity contribution is 7.11. The number of nitrogens with one attached hydrogen (secondary N) is 1. The third-order valence-electron chi connectivity index (χ3n) is 2.69. The number of ether oxygens (including phenoxy) is 1. The molecule has 0 aliphatic heterocycles. The van der Waals surface area contributed by atoms with Crippen LogP contribution in [0.3, 0.4) is 0 Å². The molecule has 2 rings (SSSR count). The summed E-state index contributed by atoms with van der Waals surface area (Å²) in [5.41, 5.74) is 1.01. The maximum absolute atomic E-state index is 11.7. The number of halogens is 1. The summed E-state index contributed by atoms with van der Waals surface area (Å²) >= 11 is 7.36. The van der Waals surface area contributed by atoms with Gasteiger partial charge in [0.15, 0.2) is 6.61 Å². The van der Waals surface area contributed by atoms with Crippen LogP contribution in [0, 0.1) is 13.8 Å². The molecule has 1 aromatic heterocycles. The van der Waals surface area contributed by atoms with Gasteiger partial charge in [-0.15, -0.1) is 11.3 Å². The molecule has 0 spiro atoms. The summed E-state index contributed by atoms with van der Waals surface area (Å²) < 4.78 is 5.35. The Morgan fingerprint density at radius 1 is 1.35 bits per heavy atom. The molecular weight excluding hydrogens is 296 g/mol. The summed E-state index contributed by atoms with van der Waals surface area (Å²) in [6.45, 7) is 4.38. The molecule has 1 N–H and O–H groups in total. The van der Waals surface area contributed by atoms with Crippen LogP contribution >= 0.6 is 22.9 Å². The number of carbonyl (C=O) groups excluding carboxylic acids is 1. The van der Waals surface area contributed by atoms with Crippen molar-refractivity contribution in [3.63, 3.8) is 0 Å². The first-order chi connectivity index (χ1) is 9.54. The van der Waals surface area contributed by atoms with E-state index in [1.807, 2.05) is 13.8 Å². The third-order valence-corrected chi connectivity index (χ3v) is 4.02. The molecule has 6 heteroatoms. The molecular formula is C14H15ClN2O2S. The average Bonchev–Trinajstić information content (AvgIpc) is 2.75. The van der Waals surface area contributed by atoms with Gasteiger partial charge in [-0.1, -0.05) is 11.6 Å². The zero-order valence-electron chi connectivity index (χ0n) is 11.3. The molecule has 0 saturated heterocycles. The van der Waals surface area contributed by atoms with E-state index in [9.17, 15) is 4.79 Å². The number of hydrogen-bond acceptors (Lipinski definition) is 4. The Balaban J connectivity index is 1.76. The van der Waals surface area contributed by atoms with Crippen molar-refractivity contribution in [2.24, 2.45) is 0 Å². The Morgan fingerprint density at radius 3 is 2.65 bits per heavy atom. The molecule has 1 aromatic carbocycles. The van der Waals surface area contributed by atoms with Gasteiger partial charge in [-0.05, 0) is 38.1 Å². The highest BCUT2D eigenvalue weighted by atomic mass is 35.5. The van der Waals surface area contributed by atoms with E-state index < -0.39 is 0 Å². The Morgan fingerprint density at radius 2 is 2.05 bits per heavy atom. The number of amides is 1. The van der Waals surface area contributed by atoms with Crippen LogP contribution in [0.5, 0.6) is 5.75 Å². The Bertz CT molecular complexity index is 576. The topological polar surface area (TPSA) is 51.2 Å². The second-order valence-corrected chi connectivity index (χ2v) is 5.99. The van der Waals surface area contributed by atoms with Crippen molar-refractivity contribution in [2.45, 2.75) is 20.4 Å². The smallest absolute Gasteiger partial charge is 0.258 e. The number of thiazole rings is 1. The highest BCUT2D eigenvalue weighted by Gasteiger charge is 2.06. The van der Waals surface area contributed by atoms with E-state index >= 15 is 0 Å². The number of carbonyl (C=O) groups is 1. The maximum Gasteiger partial charge on any atom is 0.258 e. The largest absolute Gasteiger partial charge is 0.484 e. The molecule has 0 aliphatic rings. The fourth-order valence-electron chi connectivity index (χ4n) is 1.52. The second-order valence-electron chi connectivity index (χ2n) is 4.27. The van der Waals surface area contributed by atoms with Gasteiger partial charge < -0.3 is 10.1 Å². The number of rotatable bonds is 5. The van der Waals surface area contributed by atoms with Gasteiger partial charge in [0, 0.05) is 9.90 Å². The standard InChI is InChI=1S/C14H15ClN2O2S/c1-9-10(2)20-14(17-9)7-16-13(18)8-19-12-5-3-11(15)4-6-12/h3-6H,7-8H2,1-2H3,(H,16,18). The normalized spacial score (nSPS) is 10.3. The first-order valence-electron chi connectivity index (χ1n) is 6.12. The zero-order chi connectivity index (χ0) is 14.5. The van der Waals surface area contributed by atoms with E-state index in [1.54, 1.807) is 35.6 Å². The molecule has 0 saturated carbocycles. The predicted octanol–water partition coefficient (Wildman–Crippen LogP) is 3.11. The van der Waals surface area contributed by atoms with Crippen molar-refractivity contribution >= 4 is 28.8 Å². The minimum absolute atomic E-state index is 0.0228. The quantitative estimate of drug-likeness (QED) is 0.923. The van der Waals surface area contributed by atoms with Gasteiger partial charge >= 0.3 is 0 Å². The maximum atomic E-state index is 11.7. The molecule has 2 aromatic rings. The predicted molar refractivity (Wildman–Crippen MR) is 80.4 cm³/mol. The fourth-order valence-corrected chi connectivity index (χ4v) is 2.52. The van der Waals surface area contributed by atoms with Crippen LogP contribution in [0.4, 0.5) is 0 Å². The van der Waals surface area contributed by atoms with Crippen LogP contribution < -0.4 is 10.1 Å². The molecule has 20 heavy (non-hydrogen) atoms. The van der Waals surface area contributed by atoms with Crippen molar-refractivity contribution in [1.29, 1.82) is 0 Å². The van der Waals surface area contributed by atoms with Gasteiger partial charge in [0.25, 0.3) is 5.91 Å². The van der Waals surface area contributed by atoms with Crippen LogP contribution in [0.15, 0.2) is 24.3 Å². The second kappa shape index (κ2) is 6.72. The fraction of sp³-hybridized carbons (Fsp3) is 0.286. The number of aryl methyl sites for hydroxylation is 2. The van der Waals surface area contributed by atoms with Crippen molar-refractivity contribution in [1.82, 2.24) is 10.3 Å². The van der Waals surface area contributed by atoms with Crippen LogP contribution in [-0.2, 0) is 11.3 Å². The van der Waals surface area contributed by atoms with Gasteiger partial charge in [0.05, 0.1) is 12.2 Å². The van der Waals surface area contributed by atoms with Crippen molar-refractivity contribution in [3.8, 4) is 5.75 Å². The molecule has 0 atom stereocenters. The first-order valence-corrected chi connectivity index (χ1v) is 7.32. The van der Waals surface area contributed by atoms with E-state index in [0.29, 0.717) is 17.3 Å². The summed E-state index contributed by atoms with van der Waals surface area (Å²) in [7, 11) is 0. The molecule has 0 aliphatic carbocycles. The number of benzene rings is 1. The van der Waals surface area contributed by atoms with Crippen LogP contribution in [0.25, 0.3) is 0 Å². The van der Waals surface area contributed by atoms with Crippen molar-refractivity contribution in [2.75, 3.05) is 6.61 Å².